The van der Waals surface area contributed by atoms with Gasteiger partial charge < -0.3 is 34.0 Å². The molecule has 2 amide bonds. The van der Waals surface area contributed by atoms with E-state index in [4.69, 9.17) is 14.2 Å². The molecule has 11 nitrogen and oxygen atoms in total. The van der Waals surface area contributed by atoms with Gasteiger partial charge in [0.1, 0.15) is 11.8 Å². The Morgan fingerprint density at radius 3 is 2.46 bits per heavy atom. The Balaban J connectivity index is 1.35. The van der Waals surface area contributed by atoms with Gasteiger partial charge in [-0.3, -0.25) is 9.59 Å². The number of nitrogens with zero attached hydrogens (tertiary/aromatic N) is 3. The Morgan fingerprint density at radius 1 is 1.12 bits per heavy atom. The minimum absolute atomic E-state index is 0.0446. The van der Waals surface area contributed by atoms with E-state index in [2.05, 4.69) is 0 Å². The topological polar surface area (TPSA) is 126 Å². The second-order valence-electron chi connectivity index (χ2n) is 11.8. The largest absolute Gasteiger partial charge is 0.511 e. The lowest BCUT2D eigenvalue weighted by Crippen LogP contribution is -2.63. The Hall–Kier alpha value is -2.96. The standard InChI is InChI=1S/C29H39N3O8S/c1-15-23(20-11-18-12-31(13-21(18)41-20)22(34)14-30(4)5)26(32-25(15)24(16(2)33)27(32)35)28(36)38-17(3)39-29(37)40-19-9-7-6-8-10-19/h11,15-17,19,24-25,33H,6-10,12-14H2,1-5H3/t15-,16+,17?,24+,25+/m0/s1. The number of ether oxygens (including phenoxy) is 3. The molecule has 0 aromatic carbocycles. The third-order valence-corrected chi connectivity index (χ3v) is 9.57. The number of aliphatic hydroxyl groups is 1. The van der Waals surface area contributed by atoms with Crippen LogP contribution < -0.4 is 0 Å². The molecule has 4 heterocycles. The van der Waals surface area contributed by atoms with Gasteiger partial charge in [0.2, 0.25) is 18.1 Å². The van der Waals surface area contributed by atoms with Crippen LogP contribution in [0.15, 0.2) is 11.8 Å². The van der Waals surface area contributed by atoms with Gasteiger partial charge in [-0.25, -0.2) is 9.59 Å². The minimum atomic E-state index is -1.23. The van der Waals surface area contributed by atoms with Crippen molar-refractivity contribution >= 4 is 40.8 Å². The first-order chi connectivity index (χ1) is 19.5. The SMILES string of the molecule is CC(OC(=O)OC1CCCCC1)OC(=O)C1=C(c2cc3c(s2)CN(C(=O)CN(C)C)C3)[C@H](C)[C@@H]2[C@@H]([C@@H](C)O)C(=O)N12. The van der Waals surface area contributed by atoms with Crippen molar-refractivity contribution in [3.63, 3.8) is 0 Å². The molecule has 1 saturated heterocycles. The van der Waals surface area contributed by atoms with Gasteiger partial charge in [-0.05, 0) is 58.3 Å². The molecule has 1 N–H and O–H groups in total. The third kappa shape index (κ3) is 5.74. The monoisotopic (exact) mass is 589 g/mol. The van der Waals surface area contributed by atoms with Gasteiger partial charge in [0.25, 0.3) is 0 Å². The maximum absolute atomic E-state index is 13.6. The number of aliphatic hydroxyl groups excluding tert-OH is 1. The van der Waals surface area contributed by atoms with Crippen LogP contribution in [0.5, 0.6) is 0 Å². The van der Waals surface area contributed by atoms with Crippen molar-refractivity contribution in [2.45, 2.75) is 90.5 Å². The van der Waals surface area contributed by atoms with Crippen LogP contribution in [0.25, 0.3) is 5.57 Å². The Labute approximate surface area is 244 Å². The summed E-state index contributed by atoms with van der Waals surface area (Å²) in [5.41, 5.74) is 1.79. The molecule has 0 radical (unpaired) electrons. The van der Waals surface area contributed by atoms with E-state index in [-0.39, 0.29) is 35.6 Å². The molecule has 1 aromatic rings. The van der Waals surface area contributed by atoms with Crippen molar-refractivity contribution in [1.82, 2.24) is 14.7 Å². The zero-order chi connectivity index (χ0) is 29.6. The molecular formula is C29H39N3O8S. The molecule has 1 aromatic heterocycles. The molecule has 1 unspecified atom stereocenters. The quantitative estimate of drug-likeness (QED) is 0.277. The van der Waals surface area contributed by atoms with Crippen LogP contribution in [-0.4, -0.2) is 88.9 Å². The number of amides is 2. The van der Waals surface area contributed by atoms with Gasteiger partial charge in [-0.2, -0.15) is 0 Å². The van der Waals surface area contributed by atoms with Crippen molar-refractivity contribution < 1.29 is 38.5 Å². The predicted octanol–water partition coefficient (Wildman–Crippen LogP) is 3.10. The van der Waals surface area contributed by atoms with Gasteiger partial charge in [0.15, 0.2) is 0 Å². The van der Waals surface area contributed by atoms with Crippen LogP contribution in [0.3, 0.4) is 0 Å². The first kappa shape index (κ1) is 29.5. The highest BCUT2D eigenvalue weighted by molar-refractivity contribution is 7.13. The van der Waals surface area contributed by atoms with Crippen LogP contribution in [0, 0.1) is 11.8 Å². The minimum Gasteiger partial charge on any atom is -0.431 e. The van der Waals surface area contributed by atoms with E-state index >= 15 is 0 Å². The zero-order valence-corrected chi connectivity index (χ0v) is 25.1. The van der Waals surface area contributed by atoms with E-state index < -0.39 is 30.4 Å². The zero-order valence-electron chi connectivity index (χ0n) is 24.3. The average Bonchev–Trinajstić information content (AvgIpc) is 3.52. The molecule has 4 aliphatic rings. The molecule has 224 valence electrons. The van der Waals surface area contributed by atoms with Crippen LogP contribution in [0.2, 0.25) is 0 Å². The van der Waals surface area contributed by atoms with Crippen LogP contribution in [-0.2, 0) is 41.7 Å². The smallest absolute Gasteiger partial charge is 0.431 e. The summed E-state index contributed by atoms with van der Waals surface area (Å²) in [6, 6.07) is 1.60. The summed E-state index contributed by atoms with van der Waals surface area (Å²) in [4.78, 5) is 58.5. The highest BCUT2D eigenvalue weighted by atomic mass is 32.1. The van der Waals surface area contributed by atoms with Crippen molar-refractivity contribution in [2.75, 3.05) is 20.6 Å². The molecule has 0 bridgehead atoms. The fourth-order valence-corrected chi connectivity index (χ4v) is 7.78. The molecule has 5 atom stereocenters. The molecule has 3 aliphatic heterocycles. The van der Waals surface area contributed by atoms with Crippen molar-refractivity contribution in [2.24, 2.45) is 11.8 Å². The van der Waals surface area contributed by atoms with Crippen molar-refractivity contribution in [3.8, 4) is 0 Å². The van der Waals surface area contributed by atoms with E-state index in [9.17, 15) is 24.3 Å². The van der Waals surface area contributed by atoms with Crippen LogP contribution >= 0.6 is 11.3 Å². The second-order valence-corrected chi connectivity index (χ2v) is 12.9. The summed E-state index contributed by atoms with van der Waals surface area (Å²) in [7, 11) is 3.71. The summed E-state index contributed by atoms with van der Waals surface area (Å²) in [5, 5.41) is 10.3. The van der Waals surface area contributed by atoms with E-state index in [1.165, 1.54) is 23.2 Å². The highest BCUT2D eigenvalue weighted by Gasteiger charge is 2.60. The Kier molecular flexibility index (Phi) is 8.45. The molecule has 41 heavy (non-hydrogen) atoms. The number of carbonyl (C=O) groups excluding carboxylic acids is 4. The molecule has 1 aliphatic carbocycles. The molecular weight excluding hydrogens is 550 g/mol. The lowest BCUT2D eigenvalue weighted by Gasteiger charge is -2.46. The number of β-lactam (4-membered cyclic amide) rings is 1. The summed E-state index contributed by atoms with van der Waals surface area (Å²) in [6.45, 7) is 6.25. The summed E-state index contributed by atoms with van der Waals surface area (Å²) in [6.07, 6.45) is 1.49. The first-order valence-corrected chi connectivity index (χ1v) is 15.2. The molecule has 2 fully saturated rings. The number of thiophene rings is 1. The number of carbonyl (C=O) groups is 4. The number of hydrogen-bond acceptors (Lipinski definition) is 10. The van der Waals surface area contributed by atoms with Gasteiger partial charge >= 0.3 is 12.1 Å². The van der Waals surface area contributed by atoms with Crippen LogP contribution in [0.4, 0.5) is 4.79 Å². The van der Waals surface area contributed by atoms with E-state index in [0.717, 1.165) is 47.4 Å². The second kappa shape index (κ2) is 11.7. The number of esters is 1. The Morgan fingerprint density at radius 2 is 1.83 bits per heavy atom. The number of rotatable bonds is 8. The lowest BCUT2D eigenvalue weighted by atomic mass is 9.77. The van der Waals surface area contributed by atoms with Gasteiger partial charge in [0.05, 0.1) is 31.2 Å². The normalized spacial score (nSPS) is 25.5. The summed E-state index contributed by atoms with van der Waals surface area (Å²) >= 11 is 1.50. The van der Waals surface area contributed by atoms with E-state index in [0.29, 0.717) is 25.2 Å². The van der Waals surface area contributed by atoms with Gasteiger partial charge in [-0.15, -0.1) is 11.3 Å². The molecule has 1 saturated carbocycles. The molecule has 5 rings (SSSR count). The lowest BCUT2D eigenvalue weighted by molar-refractivity contribution is -0.174. The van der Waals surface area contributed by atoms with E-state index in [1.807, 2.05) is 32.0 Å². The van der Waals surface area contributed by atoms with Crippen molar-refractivity contribution in [3.05, 3.63) is 27.1 Å². The molecule has 0 spiro atoms. The Bertz CT molecular complexity index is 1230. The average molecular weight is 590 g/mol. The maximum atomic E-state index is 13.6. The summed E-state index contributed by atoms with van der Waals surface area (Å²) < 4.78 is 16.1. The fraction of sp³-hybridized carbons (Fsp3) is 0.655. The maximum Gasteiger partial charge on any atom is 0.511 e. The number of fused-ring (bicyclic) bond motifs is 2. The van der Waals surface area contributed by atoms with Crippen molar-refractivity contribution in [1.29, 1.82) is 0 Å². The fourth-order valence-electron chi connectivity index (χ4n) is 6.44. The van der Waals surface area contributed by atoms with Crippen LogP contribution in [0.1, 0.15) is 68.2 Å². The predicted molar refractivity (Wildman–Crippen MR) is 149 cm³/mol. The van der Waals surface area contributed by atoms with Gasteiger partial charge in [0, 0.05) is 34.7 Å². The number of hydrogen-bond donors (Lipinski definition) is 1. The first-order valence-electron chi connectivity index (χ1n) is 14.3. The van der Waals surface area contributed by atoms with E-state index in [1.54, 1.807) is 11.8 Å². The highest BCUT2D eigenvalue weighted by Crippen LogP contribution is 2.52. The van der Waals surface area contributed by atoms with Gasteiger partial charge in [-0.1, -0.05) is 13.3 Å². The third-order valence-electron chi connectivity index (χ3n) is 8.38. The summed E-state index contributed by atoms with van der Waals surface area (Å²) in [5.74, 6) is -1.94. The number of likely N-dealkylation sites (N-methyl/N-ethyl adjacent to an activating group) is 1. The molecule has 12 heteroatoms.